The summed E-state index contributed by atoms with van der Waals surface area (Å²) in [4.78, 5) is 22.4. The van der Waals surface area contributed by atoms with Gasteiger partial charge in [-0.25, -0.2) is 4.79 Å². The number of carboxylic acid groups (broad SMARTS) is 1. The van der Waals surface area contributed by atoms with Gasteiger partial charge in [0.25, 0.3) is 0 Å². The largest absolute Gasteiger partial charge is 1.00 e. The molecule has 0 unspecified atom stereocenters. The van der Waals surface area contributed by atoms with E-state index in [9.17, 15) is 14.7 Å². The van der Waals surface area contributed by atoms with Gasteiger partial charge in [0.2, 0.25) is 0 Å². The third kappa shape index (κ3) is 6.85. The molecule has 20 heavy (non-hydrogen) atoms. The van der Waals surface area contributed by atoms with Crippen molar-refractivity contribution >= 4 is 11.9 Å². The number of carbonyl (C=O) groups excluding carboxylic acids is 2. The molecule has 0 fully saturated rings. The summed E-state index contributed by atoms with van der Waals surface area (Å²) in [5.74, 6) is -1.71. The molecule has 0 radical (unpaired) electrons. The number of nitrogens with one attached hydrogen (secondary N) is 1. The van der Waals surface area contributed by atoms with Crippen LogP contribution in [0.3, 0.4) is 0 Å². The number of hydrogen-bond acceptors (Lipinski definition) is 5. The summed E-state index contributed by atoms with van der Waals surface area (Å²) >= 11 is 0. The first-order chi connectivity index (χ1) is 9.04. The van der Waals surface area contributed by atoms with Crippen molar-refractivity contribution in [3.63, 3.8) is 0 Å². The van der Waals surface area contributed by atoms with Crippen LogP contribution in [0.15, 0.2) is 35.6 Å². The number of rotatable bonds is 6. The van der Waals surface area contributed by atoms with Crippen molar-refractivity contribution in [3.8, 4) is 0 Å². The van der Waals surface area contributed by atoms with Crippen molar-refractivity contribution in [2.75, 3.05) is 6.61 Å². The van der Waals surface area contributed by atoms with Gasteiger partial charge in [-0.15, -0.1) is 0 Å². The predicted octanol–water partition coefficient (Wildman–Crippen LogP) is -2.56. The van der Waals surface area contributed by atoms with Gasteiger partial charge < -0.3 is 20.0 Å². The van der Waals surface area contributed by atoms with Gasteiger partial charge in [-0.1, -0.05) is 18.2 Å². The predicted molar refractivity (Wildman–Crippen MR) is 68.8 cm³/mol. The molecule has 0 aliphatic heterocycles. The molecule has 1 aliphatic carbocycles. The number of carbonyl (C=O) groups is 2. The first-order valence-electron chi connectivity index (χ1n) is 6.21. The van der Waals surface area contributed by atoms with Gasteiger partial charge in [0, 0.05) is 11.8 Å². The van der Waals surface area contributed by atoms with E-state index in [-0.39, 0.29) is 58.0 Å². The molecular weight excluding hydrogens is 285 g/mol. The van der Waals surface area contributed by atoms with E-state index in [1.165, 1.54) is 6.08 Å². The first-order valence-corrected chi connectivity index (χ1v) is 6.21. The van der Waals surface area contributed by atoms with Gasteiger partial charge in [0.1, 0.15) is 0 Å². The molecule has 0 saturated heterocycles. The minimum absolute atomic E-state index is 0. The smallest absolute Gasteiger partial charge is 0.548 e. The van der Waals surface area contributed by atoms with Crippen LogP contribution < -0.4 is 61.8 Å². The van der Waals surface area contributed by atoms with Crippen LogP contribution in [0.5, 0.6) is 0 Å². The summed E-state index contributed by atoms with van der Waals surface area (Å²) < 4.78 is 4.76. The Hall–Kier alpha value is -0.404. The van der Waals surface area contributed by atoms with Crippen molar-refractivity contribution in [1.82, 2.24) is 5.32 Å². The van der Waals surface area contributed by atoms with Gasteiger partial charge in [0.05, 0.1) is 18.6 Å². The standard InChI is InChI=1S/C14H19NO4.K/c1-3-19-12(16)9-10(2)15-13(14(17)18)11-7-5-4-6-8-11;/h4-5,8-9,13,15H,3,6-7H2,1-2H3,(H,17,18);/q;+1/p-1/b10-9+;/t13-;/m1./s1. The molecule has 0 saturated carbocycles. The maximum atomic E-state index is 11.3. The Morgan fingerprint density at radius 3 is 2.70 bits per heavy atom. The Bertz CT molecular complexity index is 440. The summed E-state index contributed by atoms with van der Waals surface area (Å²) in [5.41, 5.74) is 1.17. The SMILES string of the molecule is CCOC(=O)/C=C(\C)N[C@@H](C(=O)[O-])C1=CCC=CC1.[K+]. The number of aliphatic carboxylic acids is 1. The molecule has 1 aliphatic rings. The fraction of sp³-hybridized carbons (Fsp3) is 0.429. The average Bonchev–Trinajstić information content (AvgIpc) is 2.37. The Labute approximate surface area is 161 Å². The second-order valence-corrected chi connectivity index (χ2v) is 4.17. The van der Waals surface area contributed by atoms with E-state index in [2.05, 4.69) is 5.32 Å². The molecule has 1 N–H and O–H groups in total. The monoisotopic (exact) mass is 303 g/mol. The van der Waals surface area contributed by atoms with Gasteiger partial charge in [-0.2, -0.15) is 0 Å². The molecule has 0 aromatic carbocycles. The second-order valence-electron chi connectivity index (χ2n) is 4.17. The average molecular weight is 303 g/mol. The van der Waals surface area contributed by atoms with Crippen molar-refractivity contribution < 1.29 is 70.8 Å². The fourth-order valence-corrected chi connectivity index (χ4v) is 1.79. The molecular formula is C14H18KNO4. The number of allylic oxidation sites excluding steroid dienone is 4. The van der Waals surface area contributed by atoms with E-state index in [4.69, 9.17) is 4.74 Å². The van der Waals surface area contributed by atoms with E-state index in [0.29, 0.717) is 18.5 Å². The van der Waals surface area contributed by atoms with E-state index >= 15 is 0 Å². The van der Waals surface area contributed by atoms with E-state index in [1.807, 2.05) is 18.2 Å². The quantitative estimate of drug-likeness (QED) is 0.253. The van der Waals surface area contributed by atoms with E-state index in [1.54, 1.807) is 13.8 Å². The Morgan fingerprint density at radius 2 is 2.20 bits per heavy atom. The van der Waals surface area contributed by atoms with Gasteiger partial charge in [0.15, 0.2) is 0 Å². The topological polar surface area (TPSA) is 78.5 Å². The Balaban J connectivity index is 0.00000361. The maximum Gasteiger partial charge on any atom is 1.00 e. The first kappa shape index (κ1) is 19.6. The second kappa shape index (κ2) is 10.3. The van der Waals surface area contributed by atoms with Crippen molar-refractivity contribution in [1.29, 1.82) is 0 Å². The minimum atomic E-state index is -1.21. The van der Waals surface area contributed by atoms with E-state index < -0.39 is 18.0 Å². The van der Waals surface area contributed by atoms with Crippen LogP contribution in [0.25, 0.3) is 0 Å². The summed E-state index contributed by atoms with van der Waals surface area (Å²) in [6, 6.07) is -0.921. The van der Waals surface area contributed by atoms with Gasteiger partial charge >= 0.3 is 57.4 Å². The molecule has 0 aromatic rings. The van der Waals surface area contributed by atoms with Crippen LogP contribution >= 0.6 is 0 Å². The number of carboxylic acids is 1. The van der Waals surface area contributed by atoms with Gasteiger partial charge in [-0.05, 0) is 32.3 Å². The number of hydrogen-bond donors (Lipinski definition) is 1. The van der Waals surface area contributed by atoms with Crippen molar-refractivity contribution in [2.24, 2.45) is 0 Å². The van der Waals surface area contributed by atoms with Crippen LogP contribution in [0.2, 0.25) is 0 Å². The fourth-order valence-electron chi connectivity index (χ4n) is 1.79. The van der Waals surface area contributed by atoms with Crippen LogP contribution in [0, 0.1) is 0 Å². The molecule has 104 valence electrons. The zero-order valence-corrected chi connectivity index (χ0v) is 15.3. The van der Waals surface area contributed by atoms with Crippen LogP contribution in [-0.4, -0.2) is 24.6 Å². The molecule has 5 nitrogen and oxygen atoms in total. The number of esters is 1. The van der Waals surface area contributed by atoms with Crippen LogP contribution in [0.1, 0.15) is 26.7 Å². The molecule has 0 aromatic heterocycles. The summed E-state index contributed by atoms with van der Waals surface area (Å²) in [6.07, 6.45) is 8.25. The van der Waals surface area contributed by atoms with Crippen LogP contribution in [0.4, 0.5) is 0 Å². The minimum Gasteiger partial charge on any atom is -0.548 e. The van der Waals surface area contributed by atoms with Gasteiger partial charge in [-0.3, -0.25) is 0 Å². The molecule has 1 atom stereocenters. The van der Waals surface area contributed by atoms with Crippen molar-refractivity contribution in [3.05, 3.63) is 35.6 Å². The normalized spacial score (nSPS) is 15.7. The number of ether oxygens (including phenoxy) is 1. The molecule has 0 spiro atoms. The molecule has 0 amide bonds. The summed E-state index contributed by atoms with van der Waals surface area (Å²) in [7, 11) is 0. The Morgan fingerprint density at radius 1 is 1.50 bits per heavy atom. The zero-order chi connectivity index (χ0) is 14.3. The molecule has 1 rings (SSSR count). The third-order valence-electron chi connectivity index (χ3n) is 2.64. The summed E-state index contributed by atoms with van der Waals surface area (Å²) in [6.45, 7) is 3.60. The van der Waals surface area contributed by atoms with Crippen molar-refractivity contribution in [2.45, 2.75) is 32.7 Å². The Kier molecular flexibility index (Phi) is 10.1. The molecule has 0 heterocycles. The zero-order valence-electron chi connectivity index (χ0n) is 12.1. The molecule has 0 bridgehead atoms. The molecule has 6 heteroatoms. The third-order valence-corrected chi connectivity index (χ3v) is 2.64. The maximum absolute atomic E-state index is 11.3. The van der Waals surface area contributed by atoms with E-state index in [0.717, 1.165) is 5.57 Å². The van der Waals surface area contributed by atoms with Crippen LogP contribution in [-0.2, 0) is 14.3 Å². The summed E-state index contributed by atoms with van der Waals surface area (Å²) in [5, 5.41) is 13.9.